The molecule has 1 N–H and O–H groups in total. The van der Waals surface area contributed by atoms with E-state index in [9.17, 15) is 19.5 Å². The number of esters is 1. The SMILES string of the molecule is CC[C@@H](C(=O)OC(C)(C)C)N1C(=O)[C@@H](CC(=O)O)C[C@H](c2cccc(Cl)c2)[C@H]1c1ccc(Cl)cc1. The van der Waals surface area contributed by atoms with Gasteiger partial charge in [-0.05, 0) is 69.0 Å². The highest BCUT2D eigenvalue weighted by Crippen LogP contribution is 2.47. The molecule has 0 saturated carbocycles. The van der Waals surface area contributed by atoms with Crippen molar-refractivity contribution in [2.24, 2.45) is 5.92 Å². The second-order valence-corrected chi connectivity index (χ2v) is 10.8. The molecule has 0 spiro atoms. The maximum Gasteiger partial charge on any atom is 0.329 e. The highest BCUT2D eigenvalue weighted by atomic mass is 35.5. The molecule has 1 heterocycles. The predicted octanol–water partition coefficient (Wildman–Crippen LogP) is 6.26. The van der Waals surface area contributed by atoms with Gasteiger partial charge in [0.25, 0.3) is 0 Å². The first-order chi connectivity index (χ1) is 16.4. The summed E-state index contributed by atoms with van der Waals surface area (Å²) in [4.78, 5) is 40.4. The number of nitrogens with zero attached hydrogens (tertiary/aromatic N) is 1. The minimum Gasteiger partial charge on any atom is -0.481 e. The molecule has 8 heteroatoms. The molecule has 1 amide bonds. The standard InChI is InChI=1S/C27H31Cl2NO5/c1-5-22(26(34)35-27(2,3)4)30-24(16-9-11-19(28)12-10-16)21(17-7-6-8-20(29)13-17)14-18(25(30)33)15-23(31)32/h6-13,18,21-22,24H,5,14-15H2,1-4H3,(H,31,32)/t18-,21-,22+,24-/m1/s1. The van der Waals surface area contributed by atoms with Crippen LogP contribution in [0, 0.1) is 5.92 Å². The van der Waals surface area contributed by atoms with Crippen LogP contribution in [0.5, 0.6) is 0 Å². The van der Waals surface area contributed by atoms with E-state index in [0.29, 0.717) is 22.9 Å². The van der Waals surface area contributed by atoms with Crippen LogP contribution in [-0.2, 0) is 19.1 Å². The lowest BCUT2D eigenvalue weighted by Gasteiger charge is -2.47. The number of carbonyl (C=O) groups excluding carboxylic acids is 2. The molecule has 4 atom stereocenters. The number of carboxylic acid groups (broad SMARTS) is 1. The highest BCUT2D eigenvalue weighted by Gasteiger charge is 2.48. The van der Waals surface area contributed by atoms with Gasteiger partial charge in [0.1, 0.15) is 11.6 Å². The minimum absolute atomic E-state index is 0.298. The van der Waals surface area contributed by atoms with Gasteiger partial charge >= 0.3 is 11.9 Å². The van der Waals surface area contributed by atoms with E-state index in [2.05, 4.69) is 0 Å². The Kier molecular flexibility index (Phi) is 8.50. The van der Waals surface area contributed by atoms with Gasteiger partial charge in [-0.25, -0.2) is 4.79 Å². The minimum atomic E-state index is -1.07. The van der Waals surface area contributed by atoms with Gasteiger partial charge in [0, 0.05) is 21.9 Å². The van der Waals surface area contributed by atoms with E-state index in [1.807, 2.05) is 37.3 Å². The molecule has 2 aromatic rings. The normalized spacial score (nSPS) is 21.5. The number of rotatable bonds is 7. The number of aliphatic carboxylic acids is 1. The van der Waals surface area contributed by atoms with E-state index in [0.717, 1.165) is 11.1 Å². The predicted molar refractivity (Wildman–Crippen MR) is 136 cm³/mol. The zero-order valence-electron chi connectivity index (χ0n) is 20.3. The van der Waals surface area contributed by atoms with Crippen LogP contribution in [-0.4, -0.2) is 39.5 Å². The molecule has 1 fully saturated rings. The van der Waals surface area contributed by atoms with Crippen LogP contribution in [0.2, 0.25) is 10.0 Å². The average Bonchev–Trinajstić information content (AvgIpc) is 2.75. The monoisotopic (exact) mass is 519 g/mol. The lowest BCUT2D eigenvalue weighted by atomic mass is 9.74. The topological polar surface area (TPSA) is 83.9 Å². The molecule has 2 aromatic carbocycles. The molecule has 1 aliphatic rings. The molecule has 0 aliphatic carbocycles. The number of halogens is 2. The van der Waals surface area contributed by atoms with E-state index in [1.165, 1.54) is 0 Å². The van der Waals surface area contributed by atoms with Gasteiger partial charge in [0.2, 0.25) is 5.91 Å². The van der Waals surface area contributed by atoms with E-state index in [4.69, 9.17) is 27.9 Å². The summed E-state index contributed by atoms with van der Waals surface area (Å²) >= 11 is 12.5. The molecule has 1 saturated heterocycles. The van der Waals surface area contributed by atoms with Crippen molar-refractivity contribution >= 4 is 41.0 Å². The summed E-state index contributed by atoms with van der Waals surface area (Å²) in [5.74, 6) is -3.05. The highest BCUT2D eigenvalue weighted by molar-refractivity contribution is 6.30. The molecule has 188 valence electrons. The number of hydrogen-bond acceptors (Lipinski definition) is 4. The number of piperidine rings is 1. The van der Waals surface area contributed by atoms with E-state index < -0.39 is 35.5 Å². The first-order valence-corrected chi connectivity index (χ1v) is 12.4. The number of likely N-dealkylation sites (tertiary alicyclic amines) is 1. The Labute approximate surface area is 216 Å². The van der Waals surface area contributed by atoms with Crippen LogP contribution in [0.3, 0.4) is 0 Å². The molecule has 0 radical (unpaired) electrons. The van der Waals surface area contributed by atoms with Crippen molar-refractivity contribution in [1.82, 2.24) is 4.90 Å². The zero-order chi connectivity index (χ0) is 25.9. The molecule has 0 bridgehead atoms. The lowest BCUT2D eigenvalue weighted by molar-refractivity contribution is -0.171. The molecule has 3 rings (SSSR count). The van der Waals surface area contributed by atoms with Gasteiger partial charge in [-0.2, -0.15) is 0 Å². The Morgan fingerprint density at radius 1 is 1.09 bits per heavy atom. The fourth-order valence-electron chi connectivity index (χ4n) is 4.76. The number of carboxylic acids is 1. The first kappa shape index (κ1) is 27.0. The largest absolute Gasteiger partial charge is 0.481 e. The van der Waals surface area contributed by atoms with Crippen molar-refractivity contribution in [3.8, 4) is 0 Å². The molecule has 1 aliphatic heterocycles. The molecule has 6 nitrogen and oxygen atoms in total. The zero-order valence-corrected chi connectivity index (χ0v) is 21.8. The Hall–Kier alpha value is -2.57. The summed E-state index contributed by atoms with van der Waals surface area (Å²) in [6.45, 7) is 7.13. The Balaban J connectivity index is 2.20. The quantitative estimate of drug-likeness (QED) is 0.436. The summed E-state index contributed by atoms with van der Waals surface area (Å²) < 4.78 is 5.68. The number of benzene rings is 2. The second-order valence-electron chi connectivity index (χ2n) is 9.89. The van der Waals surface area contributed by atoms with Crippen LogP contribution in [0.1, 0.15) is 70.0 Å². The van der Waals surface area contributed by atoms with E-state index in [1.54, 1.807) is 43.9 Å². The fraction of sp³-hybridized carbons (Fsp3) is 0.444. The number of carbonyl (C=O) groups is 3. The smallest absolute Gasteiger partial charge is 0.329 e. The summed E-state index contributed by atoms with van der Waals surface area (Å²) in [5.41, 5.74) is 0.916. The van der Waals surface area contributed by atoms with E-state index >= 15 is 0 Å². The third-order valence-electron chi connectivity index (χ3n) is 6.13. The third-order valence-corrected chi connectivity index (χ3v) is 6.62. The fourth-order valence-corrected chi connectivity index (χ4v) is 5.09. The number of ether oxygens (including phenoxy) is 1. The first-order valence-electron chi connectivity index (χ1n) is 11.7. The lowest BCUT2D eigenvalue weighted by Crippen LogP contribution is -2.55. The van der Waals surface area contributed by atoms with Crippen LogP contribution < -0.4 is 0 Å². The molecule has 0 unspecified atom stereocenters. The van der Waals surface area contributed by atoms with Gasteiger partial charge in [0.05, 0.1) is 12.5 Å². The summed E-state index contributed by atoms with van der Waals surface area (Å²) in [7, 11) is 0. The van der Waals surface area contributed by atoms with Crippen LogP contribution in [0.15, 0.2) is 48.5 Å². The van der Waals surface area contributed by atoms with Gasteiger partial charge in [-0.3, -0.25) is 9.59 Å². The van der Waals surface area contributed by atoms with Crippen molar-refractivity contribution < 1.29 is 24.2 Å². The number of hydrogen-bond donors (Lipinski definition) is 1. The molecular weight excluding hydrogens is 489 g/mol. The van der Waals surface area contributed by atoms with E-state index in [-0.39, 0.29) is 18.2 Å². The van der Waals surface area contributed by atoms with Crippen molar-refractivity contribution in [2.75, 3.05) is 0 Å². The Morgan fingerprint density at radius 3 is 2.29 bits per heavy atom. The molecule has 0 aromatic heterocycles. The maximum atomic E-state index is 13.8. The van der Waals surface area contributed by atoms with Gasteiger partial charge in [0.15, 0.2) is 0 Å². The van der Waals surface area contributed by atoms with Gasteiger partial charge < -0.3 is 14.7 Å². The van der Waals surface area contributed by atoms with Crippen molar-refractivity contribution in [1.29, 1.82) is 0 Å². The average molecular weight is 520 g/mol. The second kappa shape index (κ2) is 11.0. The number of amides is 1. The van der Waals surface area contributed by atoms with Crippen LogP contribution in [0.4, 0.5) is 0 Å². The Morgan fingerprint density at radius 2 is 1.74 bits per heavy atom. The summed E-state index contributed by atoms with van der Waals surface area (Å²) in [5, 5.41) is 10.6. The van der Waals surface area contributed by atoms with Crippen LogP contribution >= 0.6 is 23.2 Å². The maximum absolute atomic E-state index is 13.8. The molecular formula is C27H31Cl2NO5. The summed E-state index contributed by atoms with van der Waals surface area (Å²) in [6, 6.07) is 13.1. The van der Waals surface area contributed by atoms with Crippen molar-refractivity contribution in [3.05, 3.63) is 69.7 Å². The van der Waals surface area contributed by atoms with Crippen molar-refractivity contribution in [2.45, 2.75) is 70.6 Å². The summed E-state index contributed by atoms with van der Waals surface area (Å²) in [6.07, 6.45) is 0.289. The van der Waals surface area contributed by atoms with Crippen molar-refractivity contribution in [3.63, 3.8) is 0 Å². The molecule has 35 heavy (non-hydrogen) atoms. The Bertz CT molecular complexity index is 1080. The van der Waals surface area contributed by atoms with Crippen LogP contribution in [0.25, 0.3) is 0 Å². The van der Waals surface area contributed by atoms with Gasteiger partial charge in [-0.1, -0.05) is 54.4 Å². The van der Waals surface area contributed by atoms with Gasteiger partial charge in [-0.15, -0.1) is 0 Å². The third kappa shape index (κ3) is 6.56.